The third-order valence-electron chi connectivity index (χ3n) is 4.16. The molecule has 0 saturated heterocycles. The molecule has 0 saturated carbocycles. The van der Waals surface area contributed by atoms with E-state index in [4.69, 9.17) is 14.3 Å². The van der Waals surface area contributed by atoms with E-state index in [2.05, 4.69) is 21.0 Å². The molecule has 1 atom stereocenters. The van der Waals surface area contributed by atoms with Crippen LogP contribution in [0.1, 0.15) is 55.4 Å². The Morgan fingerprint density at radius 1 is 1.03 bits per heavy atom. The Hall–Kier alpha value is -2.62. The predicted molar refractivity (Wildman–Crippen MR) is 119 cm³/mol. The molecule has 10 heteroatoms. The first-order valence-electron chi connectivity index (χ1n) is 9.64. The Morgan fingerprint density at radius 2 is 1.55 bits per heavy atom. The van der Waals surface area contributed by atoms with Crippen LogP contribution in [0, 0.1) is 0 Å². The van der Waals surface area contributed by atoms with Gasteiger partial charge in [-0.25, -0.2) is 9.59 Å². The summed E-state index contributed by atoms with van der Waals surface area (Å²) in [5.41, 5.74) is -2.80. The van der Waals surface area contributed by atoms with E-state index in [9.17, 15) is 14.4 Å². The van der Waals surface area contributed by atoms with Crippen LogP contribution in [-0.4, -0.2) is 45.7 Å². The van der Waals surface area contributed by atoms with Crippen LogP contribution in [0.2, 0.25) is 0 Å². The SMILES string of the molecule is CC1=NN(c2ccc(Br)cc2)C(=O)C1(C)N(OC(=O)OC(C)(C)C)C(=O)OC(C)(C)C. The fraction of sp³-hybridized carbons (Fsp3) is 0.524. The maximum absolute atomic E-state index is 13.4. The van der Waals surface area contributed by atoms with Gasteiger partial charge in [0.15, 0.2) is 0 Å². The van der Waals surface area contributed by atoms with Gasteiger partial charge in [0.05, 0.1) is 11.4 Å². The number of hydroxylamine groups is 2. The minimum atomic E-state index is -1.74. The van der Waals surface area contributed by atoms with E-state index >= 15 is 0 Å². The number of anilines is 1. The smallest absolute Gasteiger partial charge is 0.442 e. The van der Waals surface area contributed by atoms with Gasteiger partial charge in [0.1, 0.15) is 11.2 Å². The van der Waals surface area contributed by atoms with Gasteiger partial charge in [-0.2, -0.15) is 10.1 Å². The topological polar surface area (TPSA) is 97.7 Å². The number of ether oxygens (including phenoxy) is 2. The molecule has 1 aromatic carbocycles. The summed E-state index contributed by atoms with van der Waals surface area (Å²) in [6.07, 6.45) is -2.18. The monoisotopic (exact) mass is 497 g/mol. The van der Waals surface area contributed by atoms with Crippen molar-refractivity contribution in [3.05, 3.63) is 28.7 Å². The second-order valence-corrected chi connectivity index (χ2v) is 10.1. The summed E-state index contributed by atoms with van der Waals surface area (Å²) in [6, 6.07) is 6.89. The maximum Gasteiger partial charge on any atom is 0.534 e. The van der Waals surface area contributed by atoms with Crippen LogP contribution in [0.4, 0.5) is 15.3 Å². The van der Waals surface area contributed by atoms with Crippen molar-refractivity contribution in [1.82, 2.24) is 5.06 Å². The molecular formula is C21H28BrN3O6. The third-order valence-corrected chi connectivity index (χ3v) is 4.68. The molecule has 2 amide bonds. The molecule has 0 spiro atoms. The Labute approximate surface area is 190 Å². The number of nitrogens with zero attached hydrogens (tertiary/aromatic N) is 3. The number of hydrogen-bond donors (Lipinski definition) is 0. The molecule has 1 aromatic rings. The Balaban J connectivity index is 2.44. The highest BCUT2D eigenvalue weighted by molar-refractivity contribution is 9.10. The number of carbonyl (C=O) groups is 3. The molecule has 0 N–H and O–H groups in total. The molecule has 0 radical (unpaired) electrons. The van der Waals surface area contributed by atoms with E-state index in [0.717, 1.165) is 9.48 Å². The van der Waals surface area contributed by atoms with Crippen LogP contribution < -0.4 is 5.01 Å². The highest BCUT2D eigenvalue weighted by atomic mass is 79.9. The summed E-state index contributed by atoms with van der Waals surface area (Å²) in [6.45, 7) is 12.9. The van der Waals surface area contributed by atoms with Crippen molar-refractivity contribution >= 4 is 45.5 Å². The number of halogens is 1. The van der Waals surface area contributed by atoms with Crippen LogP contribution in [0.3, 0.4) is 0 Å². The van der Waals surface area contributed by atoms with Gasteiger partial charge in [-0.15, -0.1) is 5.06 Å². The number of hydrazone groups is 1. The predicted octanol–water partition coefficient (Wildman–Crippen LogP) is 5.03. The van der Waals surface area contributed by atoms with Crippen LogP contribution in [0.25, 0.3) is 0 Å². The molecule has 0 fully saturated rings. The zero-order valence-electron chi connectivity index (χ0n) is 19.0. The molecule has 1 heterocycles. The molecule has 31 heavy (non-hydrogen) atoms. The zero-order chi connectivity index (χ0) is 23.8. The average Bonchev–Trinajstić information content (AvgIpc) is 2.82. The Kier molecular flexibility index (Phi) is 6.75. The lowest BCUT2D eigenvalue weighted by Crippen LogP contribution is -2.60. The summed E-state index contributed by atoms with van der Waals surface area (Å²) in [5.74, 6) is -0.596. The Bertz CT molecular complexity index is 901. The summed E-state index contributed by atoms with van der Waals surface area (Å²) < 4.78 is 11.4. The van der Waals surface area contributed by atoms with Gasteiger partial charge < -0.3 is 9.47 Å². The normalized spacial score (nSPS) is 19.1. The summed E-state index contributed by atoms with van der Waals surface area (Å²) >= 11 is 3.34. The van der Waals surface area contributed by atoms with Crippen LogP contribution in [-0.2, 0) is 19.1 Å². The summed E-state index contributed by atoms with van der Waals surface area (Å²) in [4.78, 5) is 44.0. The van der Waals surface area contributed by atoms with Crippen molar-refractivity contribution < 1.29 is 28.7 Å². The molecule has 170 valence electrons. The molecule has 0 aromatic heterocycles. The van der Waals surface area contributed by atoms with Gasteiger partial charge in [-0.1, -0.05) is 15.9 Å². The van der Waals surface area contributed by atoms with Gasteiger partial charge in [0, 0.05) is 4.47 Å². The van der Waals surface area contributed by atoms with E-state index in [0.29, 0.717) is 10.8 Å². The van der Waals surface area contributed by atoms with E-state index in [1.165, 1.54) is 6.92 Å². The van der Waals surface area contributed by atoms with E-state index in [-0.39, 0.29) is 5.71 Å². The molecular weight excluding hydrogens is 470 g/mol. The van der Waals surface area contributed by atoms with Gasteiger partial charge in [-0.3, -0.25) is 9.63 Å². The highest BCUT2D eigenvalue weighted by Gasteiger charge is 2.56. The largest absolute Gasteiger partial charge is 0.534 e. The molecule has 9 nitrogen and oxygen atoms in total. The number of hydrogen-bond acceptors (Lipinski definition) is 7. The lowest BCUT2D eigenvalue weighted by molar-refractivity contribution is -0.171. The fourth-order valence-electron chi connectivity index (χ4n) is 2.60. The van der Waals surface area contributed by atoms with Crippen molar-refractivity contribution in [2.45, 2.75) is 72.1 Å². The van der Waals surface area contributed by atoms with Gasteiger partial charge in [0.2, 0.25) is 5.54 Å². The molecule has 2 rings (SSSR count). The van der Waals surface area contributed by atoms with Crippen molar-refractivity contribution in [1.29, 1.82) is 0 Å². The number of amides is 2. The van der Waals surface area contributed by atoms with Gasteiger partial charge >= 0.3 is 12.2 Å². The fourth-order valence-corrected chi connectivity index (χ4v) is 2.87. The van der Waals surface area contributed by atoms with Crippen LogP contribution in [0.5, 0.6) is 0 Å². The van der Waals surface area contributed by atoms with Gasteiger partial charge in [0.25, 0.3) is 5.91 Å². The van der Waals surface area contributed by atoms with Crippen LogP contribution in [0.15, 0.2) is 33.8 Å². The van der Waals surface area contributed by atoms with Crippen molar-refractivity contribution in [3.63, 3.8) is 0 Å². The van der Waals surface area contributed by atoms with Crippen molar-refractivity contribution in [2.75, 3.05) is 5.01 Å². The van der Waals surface area contributed by atoms with E-state index in [1.54, 1.807) is 72.7 Å². The van der Waals surface area contributed by atoms with E-state index < -0.39 is 34.9 Å². The first-order chi connectivity index (χ1) is 14.0. The average molecular weight is 498 g/mol. The van der Waals surface area contributed by atoms with Crippen molar-refractivity contribution in [3.8, 4) is 0 Å². The zero-order valence-corrected chi connectivity index (χ0v) is 20.6. The minimum Gasteiger partial charge on any atom is -0.442 e. The first-order valence-corrected chi connectivity index (χ1v) is 10.4. The second-order valence-electron chi connectivity index (χ2n) is 9.18. The minimum absolute atomic E-state index is 0.231. The van der Waals surface area contributed by atoms with Crippen LogP contribution >= 0.6 is 15.9 Å². The number of benzene rings is 1. The maximum atomic E-state index is 13.4. The standard InChI is InChI=1S/C21H28BrN3O6/c1-13-21(8,16(26)24(23-13)15-11-9-14(22)10-12-15)25(17(27)29-19(2,3)4)31-18(28)30-20(5,6)7/h9-12H,1-8H3. The molecule has 1 unspecified atom stereocenters. The van der Waals surface area contributed by atoms with E-state index in [1.807, 2.05) is 0 Å². The number of rotatable bonds is 2. The lowest BCUT2D eigenvalue weighted by Gasteiger charge is -2.35. The summed E-state index contributed by atoms with van der Waals surface area (Å²) in [5, 5.41) is 6.05. The first kappa shape index (κ1) is 24.6. The third kappa shape index (κ3) is 5.75. The van der Waals surface area contributed by atoms with Crippen molar-refractivity contribution in [2.24, 2.45) is 5.10 Å². The lowest BCUT2D eigenvalue weighted by atomic mass is 9.96. The number of carbonyl (C=O) groups excluding carboxylic acids is 3. The molecule has 1 aliphatic heterocycles. The molecule has 1 aliphatic rings. The van der Waals surface area contributed by atoms with Gasteiger partial charge in [-0.05, 0) is 79.7 Å². The second kappa shape index (κ2) is 8.49. The molecule has 0 aliphatic carbocycles. The molecule has 0 bridgehead atoms. The quantitative estimate of drug-likeness (QED) is 0.419. The summed E-state index contributed by atoms with van der Waals surface area (Å²) in [7, 11) is 0. The highest BCUT2D eigenvalue weighted by Crippen LogP contribution is 2.33. The Morgan fingerprint density at radius 3 is 2.03 bits per heavy atom.